The fourth-order valence-corrected chi connectivity index (χ4v) is 1.91. The van der Waals surface area contributed by atoms with Crippen molar-refractivity contribution in [1.82, 2.24) is 0 Å². The second kappa shape index (κ2) is 5.19. The van der Waals surface area contributed by atoms with Crippen LogP contribution in [0.25, 0.3) is 0 Å². The van der Waals surface area contributed by atoms with Crippen molar-refractivity contribution >= 4 is 21.6 Å². The molecule has 0 bridgehead atoms. The Labute approximate surface area is 107 Å². The average molecular weight is 296 g/mol. The van der Waals surface area contributed by atoms with Crippen LogP contribution in [0.15, 0.2) is 46.9 Å². The first-order chi connectivity index (χ1) is 8.16. The maximum absolute atomic E-state index is 12.7. The number of benzene rings is 2. The molecule has 2 rings (SSSR count). The molecule has 4 heteroatoms. The predicted molar refractivity (Wildman–Crippen MR) is 69.3 cm³/mol. The van der Waals surface area contributed by atoms with Crippen molar-refractivity contribution in [1.29, 1.82) is 0 Å². The predicted octanol–water partition coefficient (Wildman–Crippen LogP) is 3.75. The van der Waals surface area contributed by atoms with Crippen LogP contribution in [0.3, 0.4) is 0 Å². The van der Waals surface area contributed by atoms with E-state index in [1.165, 1.54) is 12.1 Å². The Kier molecular flexibility index (Phi) is 3.64. The average Bonchev–Trinajstić information content (AvgIpc) is 2.31. The third-order valence-corrected chi connectivity index (χ3v) is 3.09. The molecule has 0 aromatic heterocycles. The molecule has 2 nitrogen and oxygen atoms in total. The summed E-state index contributed by atoms with van der Waals surface area (Å²) in [6.45, 7) is 0.346. The number of anilines is 1. The molecule has 0 aliphatic heterocycles. The van der Waals surface area contributed by atoms with Crippen molar-refractivity contribution in [3.63, 3.8) is 0 Å². The summed E-state index contributed by atoms with van der Waals surface area (Å²) in [6, 6.07) is 11.5. The SMILES string of the molecule is Nc1cccc(Br)c1COc1ccc(F)cc1. The molecule has 2 N–H and O–H groups in total. The van der Waals surface area contributed by atoms with E-state index in [0.717, 1.165) is 10.0 Å². The van der Waals surface area contributed by atoms with Crippen molar-refractivity contribution < 1.29 is 9.13 Å². The van der Waals surface area contributed by atoms with Gasteiger partial charge in [-0.25, -0.2) is 4.39 Å². The lowest BCUT2D eigenvalue weighted by Crippen LogP contribution is -2.01. The molecule has 2 aromatic rings. The number of rotatable bonds is 3. The Bertz CT molecular complexity index is 493. The van der Waals surface area contributed by atoms with Crippen LogP contribution >= 0.6 is 15.9 Å². The van der Waals surface area contributed by atoms with E-state index in [9.17, 15) is 4.39 Å². The molecule has 0 amide bonds. The quantitative estimate of drug-likeness (QED) is 0.875. The Morgan fingerprint density at radius 2 is 1.82 bits per heavy atom. The fourth-order valence-electron chi connectivity index (χ4n) is 1.41. The Balaban J connectivity index is 2.10. The second-order valence-electron chi connectivity index (χ2n) is 3.55. The third kappa shape index (κ3) is 2.97. The van der Waals surface area contributed by atoms with Gasteiger partial charge < -0.3 is 10.5 Å². The zero-order chi connectivity index (χ0) is 12.3. The van der Waals surface area contributed by atoms with Crippen molar-refractivity contribution in [2.75, 3.05) is 5.73 Å². The highest BCUT2D eigenvalue weighted by molar-refractivity contribution is 9.10. The molecule has 0 saturated heterocycles. The number of ether oxygens (including phenoxy) is 1. The lowest BCUT2D eigenvalue weighted by molar-refractivity contribution is 0.305. The number of nitrogens with two attached hydrogens (primary N) is 1. The first-order valence-corrected chi connectivity index (χ1v) is 5.87. The highest BCUT2D eigenvalue weighted by Gasteiger charge is 2.04. The molecule has 0 fully saturated rings. The van der Waals surface area contributed by atoms with Crippen molar-refractivity contribution in [2.45, 2.75) is 6.61 Å². The van der Waals surface area contributed by atoms with Crippen LogP contribution in [0.2, 0.25) is 0 Å². The van der Waals surface area contributed by atoms with Gasteiger partial charge in [0.25, 0.3) is 0 Å². The summed E-state index contributed by atoms with van der Waals surface area (Å²) in [6.07, 6.45) is 0. The van der Waals surface area contributed by atoms with E-state index in [2.05, 4.69) is 15.9 Å². The molecule has 0 radical (unpaired) electrons. The van der Waals surface area contributed by atoms with Gasteiger partial charge in [-0.05, 0) is 36.4 Å². The van der Waals surface area contributed by atoms with Gasteiger partial charge in [0.1, 0.15) is 18.2 Å². The smallest absolute Gasteiger partial charge is 0.123 e. The minimum atomic E-state index is -0.280. The normalized spacial score (nSPS) is 10.2. The highest BCUT2D eigenvalue weighted by Crippen LogP contribution is 2.24. The fraction of sp³-hybridized carbons (Fsp3) is 0.0769. The van der Waals surface area contributed by atoms with E-state index in [-0.39, 0.29) is 5.82 Å². The van der Waals surface area contributed by atoms with Crippen LogP contribution < -0.4 is 10.5 Å². The molecule has 0 atom stereocenters. The van der Waals surface area contributed by atoms with E-state index in [1.807, 2.05) is 18.2 Å². The number of hydrogen-bond donors (Lipinski definition) is 1. The molecule has 88 valence electrons. The number of hydrogen-bond acceptors (Lipinski definition) is 2. The summed E-state index contributed by atoms with van der Waals surface area (Å²) >= 11 is 3.41. The minimum Gasteiger partial charge on any atom is -0.489 e. The number of nitrogen functional groups attached to an aromatic ring is 1. The van der Waals surface area contributed by atoms with Crippen LogP contribution in [-0.2, 0) is 6.61 Å². The largest absolute Gasteiger partial charge is 0.489 e. The molecule has 0 aliphatic carbocycles. The molecule has 0 heterocycles. The summed E-state index contributed by atoms with van der Waals surface area (Å²) in [4.78, 5) is 0. The first kappa shape index (κ1) is 11.9. The van der Waals surface area contributed by atoms with Gasteiger partial charge in [0.15, 0.2) is 0 Å². The van der Waals surface area contributed by atoms with Crippen LogP contribution in [-0.4, -0.2) is 0 Å². The summed E-state index contributed by atoms with van der Waals surface area (Å²) in [5, 5.41) is 0. The summed E-state index contributed by atoms with van der Waals surface area (Å²) in [7, 11) is 0. The minimum absolute atomic E-state index is 0.280. The monoisotopic (exact) mass is 295 g/mol. The van der Waals surface area contributed by atoms with E-state index in [1.54, 1.807) is 12.1 Å². The molecule has 0 unspecified atom stereocenters. The Hall–Kier alpha value is -1.55. The van der Waals surface area contributed by atoms with Gasteiger partial charge in [-0.1, -0.05) is 22.0 Å². The summed E-state index contributed by atoms with van der Waals surface area (Å²) < 4.78 is 19.1. The van der Waals surface area contributed by atoms with E-state index in [0.29, 0.717) is 18.0 Å². The Morgan fingerprint density at radius 1 is 1.12 bits per heavy atom. The molecular weight excluding hydrogens is 285 g/mol. The van der Waals surface area contributed by atoms with Gasteiger partial charge in [-0.15, -0.1) is 0 Å². The summed E-state index contributed by atoms with van der Waals surface area (Å²) in [5.74, 6) is 0.333. The molecule has 0 aliphatic rings. The van der Waals surface area contributed by atoms with Crippen LogP contribution in [0, 0.1) is 5.82 Å². The van der Waals surface area contributed by atoms with E-state index in [4.69, 9.17) is 10.5 Å². The topological polar surface area (TPSA) is 35.2 Å². The molecule has 0 saturated carbocycles. The Morgan fingerprint density at radius 3 is 2.47 bits per heavy atom. The van der Waals surface area contributed by atoms with Crippen molar-refractivity contribution in [2.24, 2.45) is 0 Å². The third-order valence-electron chi connectivity index (χ3n) is 2.35. The number of halogens is 2. The maximum atomic E-state index is 12.7. The zero-order valence-electron chi connectivity index (χ0n) is 8.99. The van der Waals surface area contributed by atoms with Crippen LogP contribution in [0.4, 0.5) is 10.1 Å². The molecule has 17 heavy (non-hydrogen) atoms. The van der Waals surface area contributed by atoms with Crippen LogP contribution in [0.5, 0.6) is 5.75 Å². The molecular formula is C13H11BrFNO. The lowest BCUT2D eigenvalue weighted by atomic mass is 10.2. The van der Waals surface area contributed by atoms with Gasteiger partial charge in [-0.3, -0.25) is 0 Å². The van der Waals surface area contributed by atoms with Gasteiger partial charge in [-0.2, -0.15) is 0 Å². The van der Waals surface area contributed by atoms with Crippen molar-refractivity contribution in [3.8, 4) is 5.75 Å². The molecule has 2 aromatic carbocycles. The van der Waals surface area contributed by atoms with Gasteiger partial charge >= 0.3 is 0 Å². The molecule has 0 spiro atoms. The van der Waals surface area contributed by atoms with Crippen LogP contribution in [0.1, 0.15) is 5.56 Å². The zero-order valence-corrected chi connectivity index (χ0v) is 10.6. The lowest BCUT2D eigenvalue weighted by Gasteiger charge is -2.10. The van der Waals surface area contributed by atoms with Gasteiger partial charge in [0, 0.05) is 15.7 Å². The highest BCUT2D eigenvalue weighted by atomic mass is 79.9. The van der Waals surface area contributed by atoms with Crippen molar-refractivity contribution in [3.05, 3.63) is 58.3 Å². The van der Waals surface area contributed by atoms with E-state index >= 15 is 0 Å². The summed E-state index contributed by atoms with van der Waals surface area (Å²) in [5.41, 5.74) is 7.39. The maximum Gasteiger partial charge on any atom is 0.123 e. The first-order valence-electron chi connectivity index (χ1n) is 5.08. The standard InChI is InChI=1S/C13H11BrFNO/c14-12-2-1-3-13(16)11(12)8-17-10-6-4-9(15)5-7-10/h1-7H,8,16H2. The van der Waals surface area contributed by atoms with Gasteiger partial charge in [0.2, 0.25) is 0 Å². The van der Waals surface area contributed by atoms with Gasteiger partial charge in [0.05, 0.1) is 0 Å². The second-order valence-corrected chi connectivity index (χ2v) is 4.40. The van der Waals surface area contributed by atoms with E-state index < -0.39 is 0 Å².